The molecule has 2 amide bonds. The predicted octanol–water partition coefficient (Wildman–Crippen LogP) is 18.1. The van der Waals surface area contributed by atoms with Crippen molar-refractivity contribution >= 4 is 161 Å². The molecule has 0 saturated carbocycles. The number of benzene rings is 6. The van der Waals surface area contributed by atoms with Crippen molar-refractivity contribution in [1.29, 1.82) is 0 Å². The molecule has 6 aromatic carbocycles. The monoisotopic (exact) mass is 1960 g/mol. The van der Waals surface area contributed by atoms with Crippen LogP contribution >= 0.6 is 60.5 Å². The van der Waals surface area contributed by atoms with E-state index in [0.717, 1.165) is 220 Å². The number of hydrogen-bond donors (Lipinski definition) is 5. The van der Waals surface area contributed by atoms with Gasteiger partial charge >= 0.3 is 0 Å². The minimum absolute atomic E-state index is 0.0460. The predicted molar refractivity (Wildman–Crippen MR) is 544 cm³/mol. The molecule has 4 fully saturated rings. The molecule has 10 aromatic rings. The first-order chi connectivity index (χ1) is 63.4. The maximum absolute atomic E-state index is 14.1. The maximum atomic E-state index is 14.1. The molecule has 16 rings (SSSR count). The molecule has 5 N–H and O–H groups in total. The summed E-state index contributed by atoms with van der Waals surface area (Å²) in [6.45, 7) is 24.9. The number of nitrogens with zero attached hydrogens (tertiary/aromatic N) is 10. The highest BCUT2D eigenvalue weighted by Crippen LogP contribution is 2.48. The number of hydrogen-bond acceptors (Lipinski definition) is 22. The molecule has 34 heteroatoms. The standard InChI is InChI=1S/C50H61ClN7O6PS2.C49H59ClN7O6PS2/c1-50(2)16-14-39(45(30-50)36-6-9-40(51)10-7-36)33-55-18-20-57(21-19-55)41-11-13-44(47(28-41)66-42-27-38-15-17-52-48(38)53-31-42)49(59)54-67(62,63)43-12-8-37(46(29-43)58(60)61)26-35(34-64-3)32-56-22-24-65(4,5)25-23-56;1-49(2)15-13-38(44(29-49)35-5-8-39(50)9-6-35)32-54-17-19-56(20-18-54)40-10-12-43(46(27-40)65-41-26-37-14-16-51-47(37)52-30-41)48(59)53-66(62,63)42-11-7-36(45(28-42)57(60)61)25-34(33-58)31-55-21-23-64(3,4)24-22-55/h6-13,15,17,27-29,31,35H,4,14,16,18-26,30,32-34H2,1-3,5H3,(H,52,53)(H,54,59);5-12,14,16,26-28,30,34,58H,3,13,15,17-25,29,31-33H2,1-2,4H3,(H,51,52)(H,53,59). The van der Waals surface area contributed by atoms with Crippen molar-refractivity contribution in [3.05, 3.63) is 245 Å². The Bertz CT molecular complexity index is 6370. The Kier molecular flexibility index (Phi) is 31.4. The lowest BCUT2D eigenvalue weighted by atomic mass is 9.72. The van der Waals surface area contributed by atoms with Gasteiger partial charge in [0.1, 0.15) is 11.3 Å². The molecule has 4 saturated heterocycles. The Labute approximate surface area is 799 Å². The van der Waals surface area contributed by atoms with Crippen LogP contribution in [0.5, 0.6) is 0 Å². The van der Waals surface area contributed by atoms with E-state index >= 15 is 0 Å². The Morgan fingerprint density at radius 3 is 1.32 bits per heavy atom. The number of carbonyl (C=O) groups excluding carboxylic acids is 2. The van der Waals surface area contributed by atoms with Gasteiger partial charge in [0.25, 0.3) is 43.2 Å². The van der Waals surface area contributed by atoms with Gasteiger partial charge in [0, 0.05) is 218 Å². The van der Waals surface area contributed by atoms with Crippen LogP contribution in [0.4, 0.5) is 22.7 Å². The molecule has 4 aromatic heterocycles. The van der Waals surface area contributed by atoms with Crippen molar-refractivity contribution in [3.8, 4) is 0 Å². The number of nitrogens with one attached hydrogen (secondary N) is 4. The van der Waals surface area contributed by atoms with Gasteiger partial charge < -0.3 is 39.4 Å². The molecular formula is C99H120Cl2N14O12P2S4. The van der Waals surface area contributed by atoms with Gasteiger partial charge in [-0.1, -0.05) is 122 Å². The van der Waals surface area contributed by atoms with Gasteiger partial charge in [-0.25, -0.2) is 36.2 Å². The molecule has 2 atom stereocenters. The number of nitro groups is 2. The summed E-state index contributed by atoms with van der Waals surface area (Å²) in [5, 5.41) is 38.3. The number of H-pyrrole nitrogens is 2. The SMILES string of the molecule is C=P1(C)CCN(CC(CO)Cc2ccc(S(=O)(=O)NC(=O)c3ccc(N4CCN(CC5=C(c6ccc(Cl)cc6)CC(C)(C)CC5)CC4)cc3Sc3cnc4[nH]ccc4c3)cc2[N+](=O)[O-])CC1.C=P1(C)CCN(CC(COC)Cc2ccc(S(=O)(=O)NC(=O)c3ccc(N4CCN(CC5=C(c6ccc(Cl)cc6)CC(C)(C)CC5)CC4)cc3Sc3cnc4[nH]ccc4c3)cc2[N+](=O)[O-])CC1. The van der Waals surface area contributed by atoms with Crippen LogP contribution in [0.2, 0.25) is 10.0 Å². The van der Waals surface area contributed by atoms with Crippen LogP contribution in [-0.4, -0.2) is 259 Å². The zero-order valence-corrected chi connectivity index (χ0v) is 83.2. The first-order valence-corrected chi connectivity index (χ1v) is 56.3. The molecule has 0 spiro atoms. The Morgan fingerprint density at radius 2 is 0.932 bits per heavy atom. The summed E-state index contributed by atoms with van der Waals surface area (Å²) in [5.74, 6) is -2.03. The number of nitro benzene ring substituents is 2. The van der Waals surface area contributed by atoms with Crippen LogP contribution in [0.1, 0.15) is 109 Å². The molecule has 4 aliphatic heterocycles. The molecule has 6 aliphatic rings. The van der Waals surface area contributed by atoms with Crippen molar-refractivity contribution in [1.82, 2.24) is 49.0 Å². The minimum Gasteiger partial charge on any atom is -0.396 e. The van der Waals surface area contributed by atoms with Gasteiger partial charge in [-0.2, -0.15) is 0 Å². The lowest BCUT2D eigenvalue weighted by Gasteiger charge is -2.39. The number of piperazine rings is 2. The molecule has 8 heterocycles. The van der Waals surface area contributed by atoms with E-state index in [2.05, 4.69) is 137 Å². The van der Waals surface area contributed by atoms with Gasteiger partial charge in [-0.15, -0.1) is 26.4 Å². The third-order valence-corrected chi connectivity index (χ3v) is 37.1. The number of ether oxygens (including phenoxy) is 1. The summed E-state index contributed by atoms with van der Waals surface area (Å²) in [5.41, 5.74) is 12.3. The Morgan fingerprint density at radius 1 is 0.541 bits per heavy atom. The second kappa shape index (κ2) is 42.4. The van der Waals surface area contributed by atoms with E-state index in [1.165, 1.54) is 81.2 Å². The Balaban J connectivity index is 0.000000203. The second-order valence-electron chi connectivity index (χ2n) is 38.6. The fraction of sp³-hybridized carbons (Fsp3) is 0.414. The topological polar surface area (TPSA) is 319 Å². The zero-order chi connectivity index (χ0) is 94.3. The third kappa shape index (κ3) is 25.5. The maximum Gasteiger partial charge on any atom is 0.273 e. The average molecular weight is 1960 g/mol. The molecule has 706 valence electrons. The molecule has 133 heavy (non-hydrogen) atoms. The molecular weight excluding hydrogens is 1840 g/mol. The van der Waals surface area contributed by atoms with Crippen LogP contribution in [0.15, 0.2) is 211 Å². The number of fused-ring (bicyclic) bond motifs is 2. The van der Waals surface area contributed by atoms with Crippen molar-refractivity contribution in [3.63, 3.8) is 0 Å². The first-order valence-electron chi connectivity index (χ1n) is 45.4. The smallest absolute Gasteiger partial charge is 0.273 e. The summed E-state index contributed by atoms with van der Waals surface area (Å²) < 4.78 is 65.6. The van der Waals surface area contributed by atoms with E-state index in [-0.39, 0.29) is 63.1 Å². The number of anilines is 2. The van der Waals surface area contributed by atoms with Crippen LogP contribution in [0.25, 0.3) is 33.2 Å². The van der Waals surface area contributed by atoms with E-state index in [1.807, 2.05) is 79.0 Å². The fourth-order valence-corrected chi connectivity index (χ4v) is 26.6. The largest absolute Gasteiger partial charge is 0.396 e. The highest BCUT2D eigenvalue weighted by molar-refractivity contribution is 7.99. The molecule has 26 nitrogen and oxygen atoms in total. The Hall–Kier alpha value is -8.94. The number of aromatic amines is 2. The van der Waals surface area contributed by atoms with Gasteiger partial charge in [-0.05, 0) is 231 Å². The number of aromatic nitrogens is 4. The van der Waals surface area contributed by atoms with Crippen molar-refractivity contribution in [2.24, 2.45) is 22.7 Å². The second-order valence-corrected chi connectivity index (χ2v) is 53.3. The lowest BCUT2D eigenvalue weighted by molar-refractivity contribution is -0.386. The van der Waals surface area contributed by atoms with Crippen molar-refractivity contribution in [2.45, 2.75) is 108 Å². The summed E-state index contributed by atoms with van der Waals surface area (Å²) in [6, 6.07) is 42.6. The van der Waals surface area contributed by atoms with Gasteiger partial charge in [0.2, 0.25) is 0 Å². The van der Waals surface area contributed by atoms with E-state index in [0.29, 0.717) is 47.0 Å². The van der Waals surface area contributed by atoms with E-state index in [9.17, 15) is 51.8 Å². The van der Waals surface area contributed by atoms with Crippen molar-refractivity contribution < 1.29 is 46.1 Å². The minimum atomic E-state index is -4.55. The number of sulfonamides is 2. The number of pyridine rings is 2. The van der Waals surface area contributed by atoms with E-state index in [1.54, 1.807) is 37.8 Å². The average Bonchev–Trinajstić information content (AvgIpc) is 1.03. The molecule has 2 unspecified atom stereocenters. The van der Waals surface area contributed by atoms with Gasteiger partial charge in [0.05, 0.1) is 37.4 Å². The highest BCUT2D eigenvalue weighted by atomic mass is 35.5. The van der Waals surface area contributed by atoms with Crippen LogP contribution in [0, 0.1) is 42.9 Å². The third-order valence-electron chi connectivity index (χ3n) is 26.8. The number of halogens is 2. The molecule has 2 aliphatic carbocycles. The summed E-state index contributed by atoms with van der Waals surface area (Å²) in [6.07, 6.45) is 27.0. The van der Waals surface area contributed by atoms with Crippen LogP contribution in [0.3, 0.4) is 0 Å². The zero-order valence-electron chi connectivity index (χ0n) is 76.6. The van der Waals surface area contributed by atoms with Crippen molar-refractivity contribution in [2.75, 3.05) is 173 Å². The quantitative estimate of drug-likeness (QED) is 0.0153. The number of allylic oxidation sites excluding steroid dienone is 2. The number of aliphatic hydroxyl groups excluding tert-OH is 1. The van der Waals surface area contributed by atoms with Crippen LogP contribution in [-0.2, 0) is 37.6 Å². The number of amides is 2. The first kappa shape index (κ1) is 98.6. The van der Waals surface area contributed by atoms with Gasteiger partial charge in [0.15, 0.2) is 0 Å². The number of aliphatic hydroxyl groups is 1. The fourth-order valence-electron chi connectivity index (χ4n) is 18.8. The molecule has 0 radical (unpaired) electrons. The summed E-state index contributed by atoms with van der Waals surface area (Å²) >= 11 is 15.2. The van der Waals surface area contributed by atoms with E-state index in [4.69, 9.17) is 27.9 Å². The van der Waals surface area contributed by atoms with E-state index < -0.39 is 60.4 Å². The van der Waals surface area contributed by atoms with Gasteiger partial charge in [-0.3, -0.25) is 39.6 Å². The highest BCUT2D eigenvalue weighted by Gasteiger charge is 2.36. The lowest BCUT2D eigenvalue weighted by Crippen LogP contribution is -2.47. The number of carbonyl (C=O) groups is 2. The van der Waals surface area contributed by atoms with Crippen LogP contribution < -0.4 is 19.2 Å². The molecule has 0 bridgehead atoms. The summed E-state index contributed by atoms with van der Waals surface area (Å²) in [7, 11) is -7.48. The number of methoxy groups -OCH3 is 1. The normalized spacial score (nSPS) is 18.6. The number of rotatable bonds is 31. The summed E-state index contributed by atoms with van der Waals surface area (Å²) in [4.78, 5) is 83.2.